The number of hydrogen-bond acceptors (Lipinski definition) is 2. The van der Waals surface area contributed by atoms with Crippen LogP contribution < -0.4 is 5.32 Å². The van der Waals surface area contributed by atoms with Gasteiger partial charge in [0.05, 0.1) is 0 Å². The Labute approximate surface area is 137 Å². The Balaban J connectivity index is 2.20. The number of benzene rings is 2. The molecule has 1 N–H and O–H groups in total. The third kappa shape index (κ3) is 4.26. The molecule has 0 radical (unpaired) electrons. The van der Waals surface area contributed by atoms with E-state index in [9.17, 15) is 0 Å². The third-order valence-corrected chi connectivity index (χ3v) is 5.00. The topological polar surface area (TPSA) is 12.0 Å². The summed E-state index contributed by atoms with van der Waals surface area (Å²) in [6, 6.07) is 13.2. The van der Waals surface area contributed by atoms with Crippen LogP contribution >= 0.6 is 23.4 Å². The van der Waals surface area contributed by atoms with E-state index in [1.165, 1.54) is 20.9 Å². The predicted molar refractivity (Wildman–Crippen MR) is 93.6 cm³/mol. The van der Waals surface area contributed by atoms with E-state index in [1.807, 2.05) is 0 Å². The summed E-state index contributed by atoms with van der Waals surface area (Å²) in [5.41, 5.74) is 3.76. The fourth-order valence-electron chi connectivity index (χ4n) is 2.38. The van der Waals surface area contributed by atoms with Crippen LogP contribution in [0.25, 0.3) is 0 Å². The summed E-state index contributed by atoms with van der Waals surface area (Å²) in [7, 11) is 0. The number of nitrogens with one attached hydrogen (secondary N) is 1. The van der Waals surface area contributed by atoms with E-state index in [1.54, 1.807) is 11.8 Å². The average molecular weight is 320 g/mol. The van der Waals surface area contributed by atoms with Crippen molar-refractivity contribution in [1.29, 1.82) is 0 Å². The normalized spacial score (nSPS) is 12.4. The standard InChI is InChI=1S/C18H22ClNS/c1-5-20-14(4)16-8-7-15(11-17(16)19)21-18-9-6-12(2)10-13(18)3/h6-11,14,20H,5H2,1-4H3. The van der Waals surface area contributed by atoms with Gasteiger partial charge in [-0.3, -0.25) is 0 Å². The van der Waals surface area contributed by atoms with Gasteiger partial charge >= 0.3 is 0 Å². The molecule has 21 heavy (non-hydrogen) atoms. The minimum atomic E-state index is 0.280. The van der Waals surface area contributed by atoms with Crippen LogP contribution in [0.2, 0.25) is 5.02 Å². The largest absolute Gasteiger partial charge is 0.310 e. The molecule has 1 atom stereocenters. The van der Waals surface area contributed by atoms with Gasteiger partial charge in [0.25, 0.3) is 0 Å². The molecule has 1 unspecified atom stereocenters. The molecule has 0 heterocycles. The van der Waals surface area contributed by atoms with Crippen molar-refractivity contribution in [2.75, 3.05) is 6.54 Å². The lowest BCUT2D eigenvalue weighted by atomic mass is 10.1. The second kappa shape index (κ2) is 7.35. The smallest absolute Gasteiger partial charge is 0.0464 e. The maximum atomic E-state index is 6.44. The molecule has 0 aliphatic rings. The first-order chi connectivity index (χ1) is 10.0. The molecule has 0 spiro atoms. The molecule has 3 heteroatoms. The summed E-state index contributed by atoms with van der Waals surface area (Å²) in [6.45, 7) is 9.46. The molecule has 1 nitrogen and oxygen atoms in total. The van der Waals surface area contributed by atoms with Crippen LogP contribution in [0.1, 0.15) is 36.6 Å². The zero-order valence-electron chi connectivity index (χ0n) is 13.0. The highest BCUT2D eigenvalue weighted by Gasteiger charge is 2.10. The first kappa shape index (κ1) is 16.4. The van der Waals surface area contributed by atoms with Gasteiger partial charge in [0, 0.05) is 20.9 Å². The van der Waals surface area contributed by atoms with Crippen LogP contribution in [0.15, 0.2) is 46.2 Å². The molecular weight excluding hydrogens is 298 g/mol. The molecule has 0 bridgehead atoms. The molecule has 0 aliphatic heterocycles. The van der Waals surface area contributed by atoms with Crippen LogP contribution in [-0.2, 0) is 0 Å². The van der Waals surface area contributed by atoms with Gasteiger partial charge in [-0.25, -0.2) is 0 Å². The van der Waals surface area contributed by atoms with Gasteiger partial charge in [-0.15, -0.1) is 0 Å². The van der Waals surface area contributed by atoms with Crippen molar-refractivity contribution in [1.82, 2.24) is 5.32 Å². The van der Waals surface area contributed by atoms with Crippen LogP contribution in [-0.4, -0.2) is 6.54 Å². The molecule has 0 aromatic heterocycles. The van der Waals surface area contributed by atoms with Crippen molar-refractivity contribution in [2.24, 2.45) is 0 Å². The fraction of sp³-hybridized carbons (Fsp3) is 0.333. The van der Waals surface area contributed by atoms with E-state index in [4.69, 9.17) is 11.6 Å². The zero-order valence-corrected chi connectivity index (χ0v) is 14.6. The summed E-state index contributed by atoms with van der Waals surface area (Å²) in [5.74, 6) is 0. The Hall–Kier alpha value is -0.960. The van der Waals surface area contributed by atoms with Gasteiger partial charge in [0.15, 0.2) is 0 Å². The maximum absolute atomic E-state index is 6.44. The quantitative estimate of drug-likeness (QED) is 0.749. The number of hydrogen-bond donors (Lipinski definition) is 1. The summed E-state index contributed by atoms with van der Waals surface area (Å²) >= 11 is 8.20. The third-order valence-electron chi connectivity index (χ3n) is 3.51. The molecule has 0 saturated carbocycles. The summed E-state index contributed by atoms with van der Waals surface area (Å²) in [4.78, 5) is 2.46. The van der Waals surface area contributed by atoms with Crippen LogP contribution in [0.4, 0.5) is 0 Å². The lowest BCUT2D eigenvalue weighted by molar-refractivity contribution is 0.598. The first-order valence-corrected chi connectivity index (χ1v) is 8.48. The molecule has 0 fully saturated rings. The van der Waals surface area contributed by atoms with E-state index in [0.717, 1.165) is 17.1 Å². The van der Waals surface area contributed by atoms with Crippen molar-refractivity contribution in [3.8, 4) is 0 Å². The molecule has 2 aromatic carbocycles. The monoisotopic (exact) mass is 319 g/mol. The van der Waals surface area contributed by atoms with Crippen molar-refractivity contribution < 1.29 is 0 Å². The summed E-state index contributed by atoms with van der Waals surface area (Å²) in [6.07, 6.45) is 0. The number of halogens is 1. The molecule has 0 amide bonds. The van der Waals surface area contributed by atoms with E-state index < -0.39 is 0 Å². The Morgan fingerprint density at radius 3 is 2.52 bits per heavy atom. The Kier molecular flexibility index (Phi) is 5.74. The number of aryl methyl sites for hydroxylation is 2. The summed E-state index contributed by atoms with van der Waals surface area (Å²) < 4.78 is 0. The van der Waals surface area contributed by atoms with Crippen LogP contribution in [0.3, 0.4) is 0 Å². The number of rotatable bonds is 5. The second-order valence-corrected chi connectivity index (χ2v) is 6.86. The van der Waals surface area contributed by atoms with Gasteiger partial charge in [-0.2, -0.15) is 0 Å². The Morgan fingerprint density at radius 2 is 1.90 bits per heavy atom. The lowest BCUT2D eigenvalue weighted by Gasteiger charge is -2.15. The van der Waals surface area contributed by atoms with Gasteiger partial charge in [-0.1, -0.05) is 54.0 Å². The maximum Gasteiger partial charge on any atom is 0.0464 e. The van der Waals surface area contributed by atoms with Gasteiger partial charge < -0.3 is 5.32 Å². The van der Waals surface area contributed by atoms with E-state index in [2.05, 4.69) is 69.4 Å². The van der Waals surface area contributed by atoms with Crippen molar-refractivity contribution in [3.63, 3.8) is 0 Å². The van der Waals surface area contributed by atoms with Crippen LogP contribution in [0.5, 0.6) is 0 Å². The first-order valence-electron chi connectivity index (χ1n) is 7.29. The van der Waals surface area contributed by atoms with E-state index >= 15 is 0 Å². The minimum Gasteiger partial charge on any atom is -0.310 e. The van der Waals surface area contributed by atoms with Crippen molar-refractivity contribution in [3.05, 3.63) is 58.1 Å². The van der Waals surface area contributed by atoms with Gasteiger partial charge in [-0.05, 0) is 56.6 Å². The SMILES string of the molecule is CCNC(C)c1ccc(Sc2ccc(C)cc2C)cc1Cl. The zero-order chi connectivity index (χ0) is 15.4. The minimum absolute atomic E-state index is 0.280. The second-order valence-electron chi connectivity index (χ2n) is 5.33. The van der Waals surface area contributed by atoms with Crippen molar-refractivity contribution >= 4 is 23.4 Å². The van der Waals surface area contributed by atoms with Crippen molar-refractivity contribution in [2.45, 2.75) is 43.5 Å². The van der Waals surface area contributed by atoms with E-state index in [-0.39, 0.29) is 6.04 Å². The molecule has 112 valence electrons. The van der Waals surface area contributed by atoms with Gasteiger partial charge in [0.1, 0.15) is 0 Å². The molecule has 2 aromatic rings. The highest BCUT2D eigenvalue weighted by Crippen LogP contribution is 2.34. The Bertz CT molecular complexity index is 625. The molecule has 0 aliphatic carbocycles. The molecule has 2 rings (SSSR count). The van der Waals surface area contributed by atoms with Gasteiger partial charge in [0.2, 0.25) is 0 Å². The molecule has 0 saturated heterocycles. The fourth-order valence-corrected chi connectivity index (χ4v) is 3.71. The Morgan fingerprint density at radius 1 is 1.14 bits per heavy atom. The predicted octanol–water partition coefficient (Wildman–Crippen LogP) is 5.78. The average Bonchev–Trinajstić information content (AvgIpc) is 2.42. The van der Waals surface area contributed by atoms with E-state index in [0.29, 0.717) is 0 Å². The lowest BCUT2D eigenvalue weighted by Crippen LogP contribution is -2.17. The highest BCUT2D eigenvalue weighted by molar-refractivity contribution is 7.99. The summed E-state index contributed by atoms with van der Waals surface area (Å²) in [5, 5.41) is 4.23. The highest BCUT2D eigenvalue weighted by atomic mass is 35.5. The molecular formula is C18H22ClNS. The van der Waals surface area contributed by atoms with Crippen LogP contribution in [0, 0.1) is 13.8 Å².